The number of nitrogens with one attached hydrogen (secondary N) is 2. The van der Waals surface area contributed by atoms with Gasteiger partial charge >= 0.3 is 6.03 Å². The molecule has 1 aliphatic heterocycles. The van der Waals surface area contributed by atoms with Crippen molar-refractivity contribution in [1.82, 2.24) is 25.0 Å². The highest BCUT2D eigenvalue weighted by molar-refractivity contribution is 5.88. The molecule has 7 nitrogen and oxygen atoms in total. The number of unbranched alkanes of at least 4 members (excludes halogenated alkanes) is 1. The fourth-order valence-electron chi connectivity index (χ4n) is 3.12. The van der Waals surface area contributed by atoms with Crippen LogP contribution in [0, 0.1) is 5.92 Å². The number of hydrogen-bond acceptors (Lipinski definition) is 4. The molecule has 0 spiro atoms. The first-order valence-electron chi connectivity index (χ1n) is 9.44. The van der Waals surface area contributed by atoms with Crippen LogP contribution in [0.4, 0.5) is 10.5 Å². The number of aromatic nitrogens is 3. The van der Waals surface area contributed by atoms with Crippen molar-refractivity contribution >= 4 is 11.7 Å². The van der Waals surface area contributed by atoms with Crippen molar-refractivity contribution in [2.24, 2.45) is 5.92 Å². The second-order valence-electron chi connectivity index (χ2n) is 6.97. The molecule has 140 valence electrons. The highest BCUT2D eigenvalue weighted by Crippen LogP contribution is 2.16. The summed E-state index contributed by atoms with van der Waals surface area (Å²) in [6.07, 6.45) is 9.90. The number of urea groups is 1. The first-order valence-corrected chi connectivity index (χ1v) is 9.44. The van der Waals surface area contributed by atoms with Crippen molar-refractivity contribution in [3.63, 3.8) is 0 Å². The number of anilines is 1. The Bertz CT molecular complexity index is 662. The molecule has 26 heavy (non-hydrogen) atoms. The van der Waals surface area contributed by atoms with Gasteiger partial charge < -0.3 is 15.5 Å². The highest BCUT2D eigenvalue weighted by atomic mass is 16.2. The van der Waals surface area contributed by atoms with Crippen molar-refractivity contribution in [2.45, 2.75) is 32.6 Å². The molecule has 0 aliphatic carbocycles. The number of nitrogens with zero attached hydrogens (tertiary/aromatic N) is 4. The lowest BCUT2D eigenvalue weighted by molar-refractivity contribution is 0.189. The van der Waals surface area contributed by atoms with E-state index in [9.17, 15) is 4.79 Å². The van der Waals surface area contributed by atoms with Crippen molar-refractivity contribution in [1.29, 1.82) is 0 Å². The largest absolute Gasteiger partial charge is 0.338 e. The van der Waals surface area contributed by atoms with Crippen LogP contribution in [0.5, 0.6) is 0 Å². The van der Waals surface area contributed by atoms with Crippen molar-refractivity contribution < 1.29 is 4.79 Å². The molecular formula is C19H28N6O. The molecule has 2 N–H and O–H groups in total. The number of hydrogen-bond donors (Lipinski definition) is 2. The van der Waals surface area contributed by atoms with E-state index in [1.54, 1.807) is 17.1 Å². The number of pyridine rings is 1. The fourth-order valence-corrected chi connectivity index (χ4v) is 3.12. The molecule has 2 amide bonds. The molecule has 1 fully saturated rings. The van der Waals surface area contributed by atoms with Crippen LogP contribution in [-0.4, -0.2) is 51.9 Å². The van der Waals surface area contributed by atoms with E-state index in [0.717, 1.165) is 25.3 Å². The Kier molecular flexibility index (Phi) is 6.60. The maximum atomic E-state index is 11.9. The average Bonchev–Trinajstić information content (AvgIpc) is 3.18. The van der Waals surface area contributed by atoms with Gasteiger partial charge in [-0.2, -0.15) is 5.10 Å². The zero-order valence-corrected chi connectivity index (χ0v) is 15.4. The van der Waals surface area contributed by atoms with E-state index in [2.05, 4.69) is 32.5 Å². The Morgan fingerprint density at radius 3 is 2.81 bits per heavy atom. The molecular weight excluding hydrogens is 328 g/mol. The lowest BCUT2D eigenvalue weighted by Crippen LogP contribution is -2.34. The third-order valence-corrected chi connectivity index (χ3v) is 4.81. The highest BCUT2D eigenvalue weighted by Gasteiger charge is 2.14. The standard InChI is InChI=1S/C19H28N6O/c1-16-7-13-24(14-8-16)11-3-2-9-20-19(26)23-17-5-6-18(21-15-17)25-12-4-10-22-25/h4-6,10,12,15-16H,2-3,7-9,11,13-14H2,1H3,(H2,20,23,26). The molecule has 0 aromatic carbocycles. The molecule has 0 atom stereocenters. The van der Waals surface area contributed by atoms with Crippen LogP contribution in [0.25, 0.3) is 5.82 Å². The molecule has 1 aliphatic rings. The lowest BCUT2D eigenvalue weighted by atomic mass is 9.99. The van der Waals surface area contributed by atoms with E-state index in [1.165, 1.54) is 25.9 Å². The van der Waals surface area contributed by atoms with Gasteiger partial charge in [-0.15, -0.1) is 0 Å². The van der Waals surface area contributed by atoms with Gasteiger partial charge in [-0.05, 0) is 69.4 Å². The first kappa shape index (κ1) is 18.4. The minimum absolute atomic E-state index is 0.189. The zero-order valence-electron chi connectivity index (χ0n) is 15.4. The fraction of sp³-hybridized carbons (Fsp3) is 0.526. The average molecular weight is 356 g/mol. The number of carbonyl (C=O) groups is 1. The molecule has 7 heteroatoms. The van der Waals surface area contributed by atoms with Crippen LogP contribution in [0.15, 0.2) is 36.8 Å². The number of carbonyl (C=O) groups excluding carboxylic acids is 1. The molecule has 2 aromatic heterocycles. The predicted molar refractivity (Wildman–Crippen MR) is 102 cm³/mol. The Morgan fingerprint density at radius 2 is 2.12 bits per heavy atom. The molecule has 2 aromatic rings. The molecule has 3 rings (SSSR count). The third-order valence-electron chi connectivity index (χ3n) is 4.81. The van der Waals surface area contributed by atoms with Gasteiger partial charge in [0, 0.05) is 18.9 Å². The van der Waals surface area contributed by atoms with E-state index in [-0.39, 0.29) is 6.03 Å². The third kappa shape index (κ3) is 5.56. The zero-order chi connectivity index (χ0) is 18.2. The summed E-state index contributed by atoms with van der Waals surface area (Å²) in [7, 11) is 0. The summed E-state index contributed by atoms with van der Waals surface area (Å²) in [5.74, 6) is 1.59. The van der Waals surface area contributed by atoms with Gasteiger partial charge in [-0.1, -0.05) is 6.92 Å². The summed E-state index contributed by atoms with van der Waals surface area (Å²) >= 11 is 0. The normalized spacial score (nSPS) is 15.7. The lowest BCUT2D eigenvalue weighted by Gasteiger charge is -2.30. The Balaban J connectivity index is 1.30. The van der Waals surface area contributed by atoms with Crippen LogP contribution in [0.1, 0.15) is 32.6 Å². The maximum absolute atomic E-state index is 11.9. The number of likely N-dealkylation sites (tertiary alicyclic amines) is 1. The summed E-state index contributed by atoms with van der Waals surface area (Å²) in [5.41, 5.74) is 0.667. The molecule has 0 bridgehead atoms. The predicted octanol–water partition coefficient (Wildman–Crippen LogP) is 2.90. The van der Waals surface area contributed by atoms with Crippen LogP contribution in [0.3, 0.4) is 0 Å². The Hall–Kier alpha value is -2.41. The van der Waals surface area contributed by atoms with E-state index >= 15 is 0 Å². The number of piperidine rings is 1. The van der Waals surface area contributed by atoms with E-state index in [1.807, 2.05) is 24.4 Å². The number of amides is 2. The summed E-state index contributed by atoms with van der Waals surface area (Å²) in [6, 6.07) is 5.29. The monoisotopic (exact) mass is 356 g/mol. The minimum atomic E-state index is -0.189. The minimum Gasteiger partial charge on any atom is -0.338 e. The summed E-state index contributed by atoms with van der Waals surface area (Å²) in [5, 5.41) is 9.83. The van der Waals surface area contributed by atoms with Crippen molar-refractivity contribution in [2.75, 3.05) is 31.5 Å². The summed E-state index contributed by atoms with van der Waals surface area (Å²) in [6.45, 7) is 6.59. The molecule has 0 unspecified atom stereocenters. The maximum Gasteiger partial charge on any atom is 0.319 e. The van der Waals surface area contributed by atoms with Crippen molar-refractivity contribution in [3.05, 3.63) is 36.8 Å². The number of rotatable bonds is 7. The van der Waals surface area contributed by atoms with E-state index in [0.29, 0.717) is 18.1 Å². The van der Waals surface area contributed by atoms with Gasteiger partial charge in [-0.3, -0.25) is 0 Å². The van der Waals surface area contributed by atoms with Crippen LogP contribution >= 0.6 is 0 Å². The topological polar surface area (TPSA) is 75.1 Å². The van der Waals surface area contributed by atoms with Crippen molar-refractivity contribution in [3.8, 4) is 5.82 Å². The second-order valence-corrected chi connectivity index (χ2v) is 6.97. The van der Waals surface area contributed by atoms with E-state index < -0.39 is 0 Å². The SMILES string of the molecule is CC1CCN(CCCCNC(=O)Nc2ccc(-n3cccn3)nc2)CC1. The smallest absolute Gasteiger partial charge is 0.319 e. The van der Waals surface area contributed by atoms with Crippen LogP contribution in [0.2, 0.25) is 0 Å². The first-order chi connectivity index (χ1) is 12.7. The van der Waals surface area contributed by atoms with Gasteiger partial charge in [0.15, 0.2) is 5.82 Å². The van der Waals surface area contributed by atoms with Crippen LogP contribution in [-0.2, 0) is 0 Å². The Labute approximate surface area is 154 Å². The van der Waals surface area contributed by atoms with Gasteiger partial charge in [-0.25, -0.2) is 14.5 Å². The van der Waals surface area contributed by atoms with Gasteiger partial charge in [0.2, 0.25) is 0 Å². The molecule has 0 saturated carbocycles. The van der Waals surface area contributed by atoms with Gasteiger partial charge in [0.25, 0.3) is 0 Å². The second kappa shape index (κ2) is 9.33. The molecule has 3 heterocycles. The summed E-state index contributed by atoms with van der Waals surface area (Å²) < 4.78 is 1.67. The molecule has 1 saturated heterocycles. The summed E-state index contributed by atoms with van der Waals surface area (Å²) in [4.78, 5) is 18.8. The van der Waals surface area contributed by atoms with Crippen LogP contribution < -0.4 is 10.6 Å². The molecule has 0 radical (unpaired) electrons. The Morgan fingerprint density at radius 1 is 1.27 bits per heavy atom. The van der Waals surface area contributed by atoms with Gasteiger partial charge in [0.1, 0.15) is 0 Å². The van der Waals surface area contributed by atoms with Gasteiger partial charge in [0.05, 0.1) is 11.9 Å². The van der Waals surface area contributed by atoms with E-state index in [4.69, 9.17) is 0 Å². The quantitative estimate of drug-likeness (QED) is 0.748.